The molecule has 7 nitrogen and oxygen atoms in total. The van der Waals surface area contributed by atoms with Gasteiger partial charge in [0.05, 0.1) is 39.6 Å². The number of para-hydroxylation sites is 1. The number of carbonyl (C=O) groups is 1. The third-order valence-electron chi connectivity index (χ3n) is 4.21. The van der Waals surface area contributed by atoms with E-state index < -0.39 is 6.61 Å². The van der Waals surface area contributed by atoms with E-state index >= 15 is 0 Å². The molecule has 0 bridgehead atoms. The van der Waals surface area contributed by atoms with Gasteiger partial charge in [-0.15, -0.1) is 0 Å². The lowest BCUT2D eigenvalue weighted by atomic mass is 10.2. The van der Waals surface area contributed by atoms with Crippen LogP contribution in [0.4, 0.5) is 14.5 Å². The third kappa shape index (κ3) is 7.19. The first kappa shape index (κ1) is 22.4. The molecule has 1 aromatic heterocycles. The number of pyridine rings is 1. The van der Waals surface area contributed by atoms with Crippen molar-refractivity contribution in [3.05, 3.63) is 48.7 Å². The first-order valence-corrected chi connectivity index (χ1v) is 8.92. The molecule has 0 unspecified atom stereocenters. The molecule has 3 rings (SSSR count). The number of halogens is 2. The van der Waals surface area contributed by atoms with Gasteiger partial charge >= 0.3 is 6.61 Å². The van der Waals surface area contributed by atoms with E-state index in [0.29, 0.717) is 31.1 Å². The highest BCUT2D eigenvalue weighted by molar-refractivity contribution is 5.48. The number of benzene rings is 1. The second-order valence-electron chi connectivity index (χ2n) is 6.08. The van der Waals surface area contributed by atoms with Gasteiger partial charge in [-0.3, -0.25) is 4.79 Å². The molecule has 0 radical (unpaired) electrons. The van der Waals surface area contributed by atoms with Gasteiger partial charge < -0.3 is 23.8 Å². The summed E-state index contributed by atoms with van der Waals surface area (Å²) in [4.78, 5) is 15.2. The zero-order valence-corrected chi connectivity index (χ0v) is 16.2. The summed E-state index contributed by atoms with van der Waals surface area (Å²) in [5, 5.41) is 0. The van der Waals surface area contributed by atoms with Crippen molar-refractivity contribution in [2.75, 3.05) is 32.3 Å². The molecule has 2 atom stereocenters. The van der Waals surface area contributed by atoms with E-state index in [1.807, 2.05) is 35.2 Å². The standard InChI is InChI=1S/C18H20F2N2O3.C2H4O2/c1-23-15-7-8-17(21-10-15)25-16-9-14(12-24-18(19)20)22(11-16)13-5-3-2-4-6-13;1-4-2-3/h2-8,10,14,16,18H,9,11-12H2,1H3;2H,1H3/t14-,16-;/m0./s1. The molecule has 29 heavy (non-hydrogen) atoms. The summed E-state index contributed by atoms with van der Waals surface area (Å²) in [5.74, 6) is 1.13. The summed E-state index contributed by atoms with van der Waals surface area (Å²) < 4.78 is 44.3. The zero-order chi connectivity index (χ0) is 21.1. The van der Waals surface area contributed by atoms with Crippen LogP contribution in [0.1, 0.15) is 6.42 Å². The van der Waals surface area contributed by atoms with Crippen LogP contribution in [0, 0.1) is 0 Å². The Morgan fingerprint density at radius 1 is 1.21 bits per heavy atom. The Bertz CT molecular complexity index is 719. The van der Waals surface area contributed by atoms with Gasteiger partial charge in [0, 0.05) is 18.2 Å². The number of hydrogen-bond donors (Lipinski definition) is 0. The van der Waals surface area contributed by atoms with Crippen molar-refractivity contribution in [1.29, 1.82) is 0 Å². The number of carbonyl (C=O) groups excluding carboxylic acids is 1. The van der Waals surface area contributed by atoms with E-state index in [0.717, 1.165) is 5.69 Å². The minimum absolute atomic E-state index is 0.0531. The summed E-state index contributed by atoms with van der Waals surface area (Å²) >= 11 is 0. The highest BCUT2D eigenvalue weighted by Gasteiger charge is 2.34. The van der Waals surface area contributed by atoms with E-state index in [-0.39, 0.29) is 18.8 Å². The van der Waals surface area contributed by atoms with E-state index in [1.165, 1.54) is 7.11 Å². The third-order valence-corrected chi connectivity index (χ3v) is 4.21. The van der Waals surface area contributed by atoms with Gasteiger partial charge in [0.15, 0.2) is 0 Å². The fraction of sp³-hybridized carbons (Fsp3) is 0.400. The number of rotatable bonds is 8. The van der Waals surface area contributed by atoms with E-state index in [2.05, 4.69) is 14.5 Å². The largest absolute Gasteiger partial charge is 0.495 e. The van der Waals surface area contributed by atoms with E-state index in [4.69, 9.17) is 14.3 Å². The van der Waals surface area contributed by atoms with Crippen LogP contribution in [0.2, 0.25) is 0 Å². The van der Waals surface area contributed by atoms with Crippen molar-refractivity contribution in [1.82, 2.24) is 4.98 Å². The van der Waals surface area contributed by atoms with Crippen molar-refractivity contribution < 1.29 is 32.5 Å². The summed E-state index contributed by atoms with van der Waals surface area (Å²) in [6.45, 7) is -1.88. The molecular formula is C20H24F2N2O5. The minimum Gasteiger partial charge on any atom is -0.495 e. The molecule has 0 aliphatic carbocycles. The fourth-order valence-electron chi connectivity index (χ4n) is 2.96. The number of alkyl halides is 2. The molecule has 9 heteroatoms. The normalized spacial score (nSPS) is 18.0. The number of hydrogen-bond acceptors (Lipinski definition) is 7. The van der Waals surface area contributed by atoms with Gasteiger partial charge in [0.2, 0.25) is 5.88 Å². The maximum absolute atomic E-state index is 12.4. The van der Waals surface area contributed by atoms with Gasteiger partial charge in [-0.1, -0.05) is 18.2 Å². The molecule has 2 aromatic rings. The number of nitrogens with zero attached hydrogens (tertiary/aromatic N) is 2. The second kappa shape index (κ2) is 11.8. The summed E-state index contributed by atoms with van der Waals surface area (Å²) in [6, 6.07) is 13.0. The Labute approximate surface area is 168 Å². The molecule has 1 aliphatic rings. The highest BCUT2D eigenvalue weighted by atomic mass is 19.3. The Morgan fingerprint density at radius 2 is 1.93 bits per heavy atom. The number of ether oxygens (including phenoxy) is 4. The summed E-state index contributed by atoms with van der Waals surface area (Å²) in [5.41, 5.74) is 0.958. The lowest BCUT2D eigenvalue weighted by molar-refractivity contribution is -0.132. The van der Waals surface area contributed by atoms with Crippen LogP contribution in [0.5, 0.6) is 11.6 Å². The molecule has 1 saturated heterocycles. The number of aromatic nitrogens is 1. The fourth-order valence-corrected chi connectivity index (χ4v) is 2.96. The van der Waals surface area contributed by atoms with E-state index in [1.54, 1.807) is 25.4 Å². The Kier molecular flexibility index (Phi) is 9.10. The topological polar surface area (TPSA) is 70.1 Å². The van der Waals surface area contributed by atoms with Crippen LogP contribution in [-0.2, 0) is 14.3 Å². The Morgan fingerprint density at radius 3 is 2.48 bits per heavy atom. The van der Waals surface area contributed by atoms with Crippen LogP contribution >= 0.6 is 0 Å². The van der Waals surface area contributed by atoms with Crippen molar-refractivity contribution in [2.45, 2.75) is 25.2 Å². The summed E-state index contributed by atoms with van der Waals surface area (Å²) in [6.07, 6.45) is 2.00. The van der Waals surface area contributed by atoms with Crippen LogP contribution in [0.15, 0.2) is 48.7 Å². The molecular weight excluding hydrogens is 386 g/mol. The minimum atomic E-state index is -2.78. The first-order valence-electron chi connectivity index (χ1n) is 8.92. The van der Waals surface area contributed by atoms with Crippen LogP contribution < -0.4 is 14.4 Å². The van der Waals surface area contributed by atoms with Gasteiger partial charge in [0.1, 0.15) is 11.9 Å². The lowest BCUT2D eigenvalue weighted by Gasteiger charge is -2.26. The zero-order valence-electron chi connectivity index (χ0n) is 16.2. The molecule has 158 valence electrons. The Balaban J connectivity index is 0.000000687. The van der Waals surface area contributed by atoms with Crippen LogP contribution in [0.3, 0.4) is 0 Å². The quantitative estimate of drug-likeness (QED) is 0.619. The van der Waals surface area contributed by atoms with Gasteiger partial charge in [-0.2, -0.15) is 8.78 Å². The van der Waals surface area contributed by atoms with Gasteiger partial charge in [-0.25, -0.2) is 4.98 Å². The maximum Gasteiger partial charge on any atom is 0.345 e. The molecule has 0 saturated carbocycles. The lowest BCUT2D eigenvalue weighted by Crippen LogP contribution is -2.34. The summed E-state index contributed by atoms with van der Waals surface area (Å²) in [7, 11) is 2.88. The second-order valence-corrected chi connectivity index (χ2v) is 6.08. The van der Waals surface area contributed by atoms with Crippen LogP contribution in [-0.4, -0.2) is 57.6 Å². The molecule has 1 fully saturated rings. The molecule has 1 aliphatic heterocycles. The first-order chi connectivity index (χ1) is 14.1. The van der Waals surface area contributed by atoms with Crippen molar-refractivity contribution in [2.24, 2.45) is 0 Å². The van der Waals surface area contributed by atoms with Crippen molar-refractivity contribution >= 4 is 12.2 Å². The van der Waals surface area contributed by atoms with Crippen molar-refractivity contribution in [3.63, 3.8) is 0 Å². The number of methoxy groups -OCH3 is 2. The average Bonchev–Trinajstić information content (AvgIpc) is 3.16. The SMILES string of the molecule is COC=O.COc1ccc(O[C@H]2C[C@@H](COC(F)F)N(c3ccccc3)C2)nc1. The predicted molar refractivity (Wildman–Crippen MR) is 102 cm³/mol. The molecule has 2 heterocycles. The maximum atomic E-state index is 12.4. The van der Waals surface area contributed by atoms with Crippen LogP contribution in [0.25, 0.3) is 0 Å². The number of anilines is 1. The predicted octanol–water partition coefficient (Wildman–Crippen LogP) is 3.14. The average molecular weight is 410 g/mol. The van der Waals surface area contributed by atoms with E-state index in [9.17, 15) is 8.78 Å². The van der Waals surface area contributed by atoms with Gasteiger partial charge in [-0.05, 0) is 18.2 Å². The monoisotopic (exact) mass is 410 g/mol. The smallest absolute Gasteiger partial charge is 0.345 e. The molecule has 1 aromatic carbocycles. The molecule has 0 spiro atoms. The molecule has 0 N–H and O–H groups in total. The van der Waals surface area contributed by atoms with Gasteiger partial charge in [0.25, 0.3) is 6.47 Å². The molecule has 0 amide bonds. The Hall–Kier alpha value is -2.94. The highest BCUT2D eigenvalue weighted by Crippen LogP contribution is 2.28. The van der Waals surface area contributed by atoms with Crippen molar-refractivity contribution in [3.8, 4) is 11.6 Å².